The van der Waals surface area contributed by atoms with Gasteiger partial charge in [-0.25, -0.2) is 0 Å². The van der Waals surface area contributed by atoms with Gasteiger partial charge in [0.1, 0.15) is 0 Å². The Morgan fingerprint density at radius 1 is 1.17 bits per heavy atom. The van der Waals surface area contributed by atoms with Gasteiger partial charge in [-0.15, -0.1) is 0 Å². The normalized spacial score (nSPS) is 21.3. The second-order valence-corrected chi connectivity index (χ2v) is 5.02. The second-order valence-electron chi connectivity index (χ2n) is 5.02. The lowest BCUT2D eigenvalue weighted by Gasteiger charge is -2.20. The van der Waals surface area contributed by atoms with Crippen molar-refractivity contribution in [1.29, 1.82) is 0 Å². The van der Waals surface area contributed by atoms with Crippen molar-refractivity contribution < 1.29 is 4.74 Å². The summed E-state index contributed by atoms with van der Waals surface area (Å²) in [4.78, 5) is 0. The number of nitrogens with one attached hydrogen (secondary N) is 1. The van der Waals surface area contributed by atoms with Crippen molar-refractivity contribution in [2.45, 2.75) is 25.4 Å². The fourth-order valence-corrected chi connectivity index (χ4v) is 2.74. The molecule has 1 saturated heterocycles. The van der Waals surface area contributed by atoms with Crippen molar-refractivity contribution in [2.24, 2.45) is 0 Å². The van der Waals surface area contributed by atoms with Crippen LogP contribution in [-0.4, -0.2) is 19.3 Å². The van der Waals surface area contributed by atoms with E-state index in [4.69, 9.17) is 4.74 Å². The van der Waals surface area contributed by atoms with Crippen molar-refractivity contribution in [1.82, 2.24) is 5.32 Å². The predicted octanol–water partition coefficient (Wildman–Crippen LogP) is 3.28. The van der Waals surface area contributed by atoms with Crippen molar-refractivity contribution in [3.63, 3.8) is 0 Å². The molecule has 2 atom stereocenters. The molecule has 1 fully saturated rings. The van der Waals surface area contributed by atoms with Crippen LogP contribution in [0.2, 0.25) is 0 Å². The van der Waals surface area contributed by atoms with Crippen molar-refractivity contribution >= 4 is 10.8 Å². The van der Waals surface area contributed by atoms with Crippen LogP contribution in [0.4, 0.5) is 0 Å². The molecule has 0 radical (unpaired) electrons. The van der Waals surface area contributed by atoms with E-state index in [9.17, 15) is 0 Å². The third-order valence-electron chi connectivity index (χ3n) is 3.71. The number of benzene rings is 2. The molecule has 2 nitrogen and oxygen atoms in total. The highest BCUT2D eigenvalue weighted by Crippen LogP contribution is 2.24. The van der Waals surface area contributed by atoms with Crippen LogP contribution < -0.4 is 5.32 Å². The molecule has 0 aromatic heterocycles. The van der Waals surface area contributed by atoms with Crippen LogP contribution in [0.25, 0.3) is 10.8 Å². The summed E-state index contributed by atoms with van der Waals surface area (Å²) in [5.74, 6) is 0. The van der Waals surface area contributed by atoms with E-state index in [0.717, 1.165) is 19.6 Å². The van der Waals surface area contributed by atoms with Crippen LogP contribution in [0, 0.1) is 0 Å². The lowest BCUT2D eigenvalue weighted by Crippen LogP contribution is -2.31. The molecule has 0 saturated carbocycles. The minimum atomic E-state index is 0.364. The standard InChI is InChI=1S/C16H19NO/c1-12(17-14-9-10-18-11-14)15-8-4-6-13-5-2-3-7-16(13)15/h2-8,12,14,17H,9-11H2,1H3. The molecular weight excluding hydrogens is 222 g/mol. The van der Waals surface area contributed by atoms with Crippen LogP contribution in [-0.2, 0) is 4.74 Å². The zero-order valence-corrected chi connectivity index (χ0v) is 10.7. The summed E-state index contributed by atoms with van der Waals surface area (Å²) in [6.07, 6.45) is 1.12. The van der Waals surface area contributed by atoms with Crippen LogP contribution in [0.1, 0.15) is 24.9 Å². The molecule has 2 unspecified atom stereocenters. The minimum absolute atomic E-state index is 0.364. The molecule has 0 aliphatic carbocycles. The maximum atomic E-state index is 5.42. The van der Waals surface area contributed by atoms with Crippen LogP contribution in [0.15, 0.2) is 42.5 Å². The highest BCUT2D eigenvalue weighted by molar-refractivity contribution is 5.86. The van der Waals surface area contributed by atoms with E-state index < -0.39 is 0 Å². The molecule has 0 spiro atoms. The average molecular weight is 241 g/mol. The maximum Gasteiger partial charge on any atom is 0.0620 e. The Kier molecular flexibility index (Phi) is 3.31. The highest BCUT2D eigenvalue weighted by atomic mass is 16.5. The fraction of sp³-hybridized carbons (Fsp3) is 0.375. The Bertz CT molecular complexity index is 526. The van der Waals surface area contributed by atoms with Gasteiger partial charge in [-0.3, -0.25) is 0 Å². The van der Waals surface area contributed by atoms with Gasteiger partial charge in [0.15, 0.2) is 0 Å². The van der Waals surface area contributed by atoms with E-state index >= 15 is 0 Å². The Balaban J connectivity index is 1.88. The molecule has 18 heavy (non-hydrogen) atoms. The summed E-state index contributed by atoms with van der Waals surface area (Å²) in [5, 5.41) is 6.32. The van der Waals surface area contributed by atoms with E-state index in [2.05, 4.69) is 54.7 Å². The van der Waals surface area contributed by atoms with Crippen LogP contribution in [0.5, 0.6) is 0 Å². The monoisotopic (exact) mass is 241 g/mol. The zero-order valence-electron chi connectivity index (χ0n) is 10.7. The molecule has 1 aliphatic rings. The molecule has 2 aromatic rings. The molecule has 94 valence electrons. The summed E-state index contributed by atoms with van der Waals surface area (Å²) < 4.78 is 5.42. The van der Waals surface area contributed by atoms with Crippen molar-refractivity contribution in [2.75, 3.05) is 13.2 Å². The van der Waals surface area contributed by atoms with Gasteiger partial charge in [-0.05, 0) is 29.7 Å². The Morgan fingerprint density at radius 2 is 2.00 bits per heavy atom. The maximum absolute atomic E-state index is 5.42. The minimum Gasteiger partial charge on any atom is -0.380 e. The summed E-state index contributed by atoms with van der Waals surface area (Å²) in [6, 6.07) is 16.0. The largest absolute Gasteiger partial charge is 0.380 e. The topological polar surface area (TPSA) is 21.3 Å². The number of rotatable bonds is 3. The van der Waals surface area contributed by atoms with E-state index in [0.29, 0.717) is 12.1 Å². The number of fused-ring (bicyclic) bond motifs is 1. The third kappa shape index (κ3) is 2.26. The highest BCUT2D eigenvalue weighted by Gasteiger charge is 2.18. The SMILES string of the molecule is CC(NC1CCOC1)c1cccc2ccccc12. The number of ether oxygens (including phenoxy) is 1. The molecule has 2 aromatic carbocycles. The zero-order chi connectivity index (χ0) is 12.4. The van der Waals surface area contributed by atoms with E-state index in [-0.39, 0.29) is 0 Å². The quantitative estimate of drug-likeness (QED) is 0.890. The first-order valence-electron chi connectivity index (χ1n) is 6.66. The summed E-state index contributed by atoms with van der Waals surface area (Å²) in [6.45, 7) is 3.97. The predicted molar refractivity (Wildman–Crippen MR) is 74.7 cm³/mol. The summed E-state index contributed by atoms with van der Waals surface area (Å²) in [5.41, 5.74) is 1.38. The second kappa shape index (κ2) is 5.09. The van der Waals surface area contributed by atoms with E-state index in [1.807, 2.05) is 0 Å². The molecule has 2 heteroatoms. The van der Waals surface area contributed by atoms with Crippen molar-refractivity contribution in [3.05, 3.63) is 48.0 Å². The fourth-order valence-electron chi connectivity index (χ4n) is 2.74. The van der Waals surface area contributed by atoms with Gasteiger partial charge in [-0.1, -0.05) is 42.5 Å². The summed E-state index contributed by atoms with van der Waals surface area (Å²) >= 11 is 0. The lowest BCUT2D eigenvalue weighted by atomic mass is 9.99. The molecule has 1 heterocycles. The number of hydrogen-bond acceptors (Lipinski definition) is 2. The Hall–Kier alpha value is -1.38. The Morgan fingerprint density at radius 3 is 2.83 bits per heavy atom. The average Bonchev–Trinajstić information content (AvgIpc) is 2.91. The van der Waals surface area contributed by atoms with Crippen LogP contribution >= 0.6 is 0 Å². The molecule has 1 aliphatic heterocycles. The first-order valence-corrected chi connectivity index (χ1v) is 6.66. The van der Waals surface area contributed by atoms with Gasteiger partial charge in [0, 0.05) is 18.7 Å². The van der Waals surface area contributed by atoms with Gasteiger partial charge in [0.05, 0.1) is 6.61 Å². The lowest BCUT2D eigenvalue weighted by molar-refractivity contribution is 0.188. The summed E-state index contributed by atoms with van der Waals surface area (Å²) in [7, 11) is 0. The first-order chi connectivity index (χ1) is 8.84. The smallest absolute Gasteiger partial charge is 0.0620 e. The first kappa shape index (κ1) is 11.7. The van der Waals surface area contributed by atoms with Crippen molar-refractivity contribution in [3.8, 4) is 0 Å². The van der Waals surface area contributed by atoms with Gasteiger partial charge in [0.2, 0.25) is 0 Å². The molecule has 1 N–H and O–H groups in total. The molecule has 3 rings (SSSR count). The van der Waals surface area contributed by atoms with E-state index in [1.54, 1.807) is 0 Å². The van der Waals surface area contributed by atoms with Crippen LogP contribution in [0.3, 0.4) is 0 Å². The number of hydrogen-bond donors (Lipinski definition) is 1. The third-order valence-corrected chi connectivity index (χ3v) is 3.71. The van der Waals surface area contributed by atoms with Gasteiger partial charge >= 0.3 is 0 Å². The Labute approximate surface area is 108 Å². The van der Waals surface area contributed by atoms with E-state index in [1.165, 1.54) is 16.3 Å². The van der Waals surface area contributed by atoms with Gasteiger partial charge in [0.25, 0.3) is 0 Å². The molecular formula is C16H19NO. The molecule has 0 amide bonds. The van der Waals surface area contributed by atoms with Gasteiger partial charge < -0.3 is 10.1 Å². The van der Waals surface area contributed by atoms with Gasteiger partial charge in [-0.2, -0.15) is 0 Å². The molecule has 0 bridgehead atoms.